The van der Waals surface area contributed by atoms with Crippen LogP contribution in [0.15, 0.2) is 28.9 Å². The Hall–Kier alpha value is -2.07. The monoisotopic (exact) mass is 271 g/mol. The highest BCUT2D eigenvalue weighted by Gasteiger charge is 2.31. The lowest BCUT2D eigenvalue weighted by Crippen LogP contribution is -2.08. The highest BCUT2D eigenvalue weighted by atomic mass is 16.4. The average molecular weight is 271 g/mol. The molecule has 104 valence electrons. The van der Waals surface area contributed by atoms with E-state index in [-0.39, 0.29) is 11.8 Å². The van der Waals surface area contributed by atoms with E-state index < -0.39 is 6.10 Å². The zero-order chi connectivity index (χ0) is 14.4. The molecule has 0 radical (unpaired) electrons. The van der Waals surface area contributed by atoms with E-state index in [0.717, 1.165) is 27.9 Å². The van der Waals surface area contributed by atoms with Gasteiger partial charge in [0.05, 0.1) is 12.2 Å². The SMILES string of the molecule is Cc1c(C(O)c2ccco2)cc2c(c1C)NC(=O)C2C. The molecule has 0 saturated heterocycles. The minimum absolute atomic E-state index is 0.00661. The summed E-state index contributed by atoms with van der Waals surface area (Å²) < 4.78 is 5.28. The first-order valence-corrected chi connectivity index (χ1v) is 6.67. The smallest absolute Gasteiger partial charge is 0.231 e. The van der Waals surface area contributed by atoms with Crippen LogP contribution in [0.5, 0.6) is 0 Å². The molecule has 2 N–H and O–H groups in total. The van der Waals surface area contributed by atoms with Gasteiger partial charge in [-0.1, -0.05) is 0 Å². The molecule has 1 amide bonds. The molecule has 4 nitrogen and oxygen atoms in total. The number of benzene rings is 1. The van der Waals surface area contributed by atoms with Gasteiger partial charge in [-0.2, -0.15) is 0 Å². The maximum atomic E-state index is 11.8. The van der Waals surface area contributed by atoms with Crippen LogP contribution in [0.1, 0.15) is 47.0 Å². The summed E-state index contributed by atoms with van der Waals surface area (Å²) in [6, 6.07) is 5.41. The quantitative estimate of drug-likeness (QED) is 0.882. The van der Waals surface area contributed by atoms with Crippen LogP contribution < -0.4 is 5.32 Å². The van der Waals surface area contributed by atoms with E-state index in [2.05, 4.69) is 5.32 Å². The molecule has 1 aliphatic rings. The molecule has 2 aromatic rings. The second-order valence-corrected chi connectivity index (χ2v) is 5.31. The normalized spacial score (nSPS) is 18.8. The number of carbonyl (C=O) groups is 1. The Morgan fingerprint density at radius 2 is 2.10 bits per heavy atom. The first-order chi connectivity index (χ1) is 9.50. The number of fused-ring (bicyclic) bond motifs is 1. The van der Waals surface area contributed by atoms with Crippen molar-refractivity contribution in [1.29, 1.82) is 0 Å². The highest BCUT2D eigenvalue weighted by Crippen LogP contribution is 2.40. The third kappa shape index (κ3) is 1.76. The van der Waals surface area contributed by atoms with Crippen LogP contribution >= 0.6 is 0 Å². The molecule has 2 heterocycles. The number of rotatable bonds is 2. The molecule has 2 atom stereocenters. The number of carbonyl (C=O) groups excluding carboxylic acids is 1. The Bertz CT molecular complexity index is 674. The fourth-order valence-electron chi connectivity index (χ4n) is 2.73. The lowest BCUT2D eigenvalue weighted by Gasteiger charge is -2.17. The number of aliphatic hydroxyl groups is 1. The van der Waals surface area contributed by atoms with Gasteiger partial charge in [0.1, 0.15) is 11.9 Å². The van der Waals surface area contributed by atoms with Crippen LogP contribution in [0, 0.1) is 13.8 Å². The minimum Gasteiger partial charge on any atom is -0.466 e. The van der Waals surface area contributed by atoms with Crippen molar-refractivity contribution in [3.8, 4) is 0 Å². The zero-order valence-electron chi connectivity index (χ0n) is 11.7. The fraction of sp³-hybridized carbons (Fsp3) is 0.312. The molecule has 0 saturated carbocycles. The molecule has 4 heteroatoms. The Balaban J connectivity index is 2.14. The molecule has 1 aromatic heterocycles. The summed E-state index contributed by atoms with van der Waals surface area (Å²) in [4.78, 5) is 11.8. The Morgan fingerprint density at radius 1 is 1.35 bits per heavy atom. The van der Waals surface area contributed by atoms with E-state index in [1.54, 1.807) is 18.4 Å². The summed E-state index contributed by atoms with van der Waals surface area (Å²) in [5, 5.41) is 13.4. The Morgan fingerprint density at radius 3 is 2.75 bits per heavy atom. The van der Waals surface area contributed by atoms with E-state index in [0.29, 0.717) is 5.76 Å². The van der Waals surface area contributed by atoms with Gasteiger partial charge in [0.25, 0.3) is 0 Å². The average Bonchev–Trinajstić information content (AvgIpc) is 3.04. The van der Waals surface area contributed by atoms with Gasteiger partial charge in [0.2, 0.25) is 5.91 Å². The largest absolute Gasteiger partial charge is 0.466 e. The van der Waals surface area contributed by atoms with E-state index in [1.807, 2.05) is 26.8 Å². The number of amides is 1. The zero-order valence-corrected chi connectivity index (χ0v) is 11.7. The van der Waals surface area contributed by atoms with E-state index in [9.17, 15) is 9.90 Å². The van der Waals surface area contributed by atoms with Crippen molar-refractivity contribution in [2.75, 3.05) is 5.32 Å². The van der Waals surface area contributed by atoms with E-state index in [4.69, 9.17) is 4.42 Å². The molecular formula is C16H17NO3. The van der Waals surface area contributed by atoms with Gasteiger partial charge >= 0.3 is 0 Å². The maximum Gasteiger partial charge on any atom is 0.231 e. The lowest BCUT2D eigenvalue weighted by molar-refractivity contribution is -0.116. The van der Waals surface area contributed by atoms with Crippen molar-refractivity contribution < 1.29 is 14.3 Å². The number of hydrogen-bond donors (Lipinski definition) is 2. The molecule has 0 spiro atoms. The molecule has 3 rings (SSSR count). The molecule has 1 aliphatic heterocycles. The van der Waals surface area contributed by atoms with Crippen molar-refractivity contribution in [3.63, 3.8) is 0 Å². The van der Waals surface area contributed by atoms with Crippen molar-refractivity contribution >= 4 is 11.6 Å². The third-order valence-corrected chi connectivity index (χ3v) is 4.19. The van der Waals surface area contributed by atoms with Gasteiger partial charge in [-0.05, 0) is 61.2 Å². The Labute approximate surface area is 117 Å². The molecule has 0 fully saturated rings. The number of anilines is 1. The number of nitrogens with one attached hydrogen (secondary N) is 1. The number of hydrogen-bond acceptors (Lipinski definition) is 3. The van der Waals surface area contributed by atoms with Crippen LogP contribution in [0.25, 0.3) is 0 Å². The summed E-state index contributed by atoms with van der Waals surface area (Å²) in [6.07, 6.45) is 0.735. The Kier molecular flexibility index (Phi) is 2.91. The maximum absolute atomic E-state index is 11.8. The van der Waals surface area contributed by atoms with E-state index >= 15 is 0 Å². The summed E-state index contributed by atoms with van der Waals surface area (Å²) in [5.41, 5.74) is 4.59. The van der Waals surface area contributed by atoms with Gasteiger partial charge in [-0.25, -0.2) is 0 Å². The minimum atomic E-state index is -0.808. The summed E-state index contributed by atoms with van der Waals surface area (Å²) in [5.74, 6) is 0.330. The molecule has 20 heavy (non-hydrogen) atoms. The number of aliphatic hydroxyl groups excluding tert-OH is 1. The van der Waals surface area contributed by atoms with Crippen LogP contribution in [-0.2, 0) is 4.79 Å². The van der Waals surface area contributed by atoms with E-state index in [1.165, 1.54) is 0 Å². The molecule has 1 aromatic carbocycles. The van der Waals surface area contributed by atoms with Gasteiger partial charge in [0, 0.05) is 5.69 Å². The van der Waals surface area contributed by atoms with Crippen LogP contribution in [-0.4, -0.2) is 11.0 Å². The van der Waals surface area contributed by atoms with Crippen LogP contribution in [0.4, 0.5) is 5.69 Å². The van der Waals surface area contributed by atoms with Crippen molar-refractivity contribution in [1.82, 2.24) is 0 Å². The second-order valence-electron chi connectivity index (χ2n) is 5.31. The van der Waals surface area contributed by atoms with Gasteiger partial charge in [-0.15, -0.1) is 0 Å². The van der Waals surface area contributed by atoms with Crippen molar-refractivity contribution in [2.45, 2.75) is 32.8 Å². The number of furan rings is 1. The van der Waals surface area contributed by atoms with Crippen molar-refractivity contribution in [2.24, 2.45) is 0 Å². The predicted octanol–water partition coefficient (Wildman–Crippen LogP) is 3.03. The lowest BCUT2D eigenvalue weighted by atomic mass is 9.90. The van der Waals surface area contributed by atoms with Gasteiger partial charge in [-0.3, -0.25) is 4.79 Å². The van der Waals surface area contributed by atoms with Crippen LogP contribution in [0.2, 0.25) is 0 Å². The predicted molar refractivity (Wildman–Crippen MR) is 75.7 cm³/mol. The topological polar surface area (TPSA) is 62.5 Å². The molecular weight excluding hydrogens is 254 g/mol. The molecule has 0 aliphatic carbocycles. The second kappa shape index (κ2) is 4.49. The fourth-order valence-corrected chi connectivity index (χ4v) is 2.73. The standard InChI is InChI=1S/C16H17NO3/c1-8-9(2)14-11(10(3)16(19)17-14)7-12(8)15(18)13-5-4-6-20-13/h4-7,10,15,18H,1-3H3,(H,17,19). The van der Waals surface area contributed by atoms with Crippen molar-refractivity contribution in [3.05, 3.63) is 52.5 Å². The summed E-state index contributed by atoms with van der Waals surface area (Å²) in [6.45, 7) is 5.79. The van der Waals surface area contributed by atoms with Gasteiger partial charge < -0.3 is 14.8 Å². The first-order valence-electron chi connectivity index (χ1n) is 6.67. The third-order valence-electron chi connectivity index (χ3n) is 4.19. The highest BCUT2D eigenvalue weighted by molar-refractivity contribution is 6.03. The van der Waals surface area contributed by atoms with Gasteiger partial charge in [0.15, 0.2) is 0 Å². The first kappa shape index (κ1) is 12.9. The van der Waals surface area contributed by atoms with Crippen LogP contribution in [0.3, 0.4) is 0 Å². The summed E-state index contributed by atoms with van der Waals surface area (Å²) in [7, 11) is 0. The molecule has 0 bridgehead atoms. The summed E-state index contributed by atoms with van der Waals surface area (Å²) >= 11 is 0. The molecule has 2 unspecified atom stereocenters.